The molecule has 2 aromatic carbocycles. The fourth-order valence-electron chi connectivity index (χ4n) is 3.26. The Morgan fingerprint density at radius 2 is 1.75 bits per heavy atom. The number of carbonyl (C=O) groups is 1. The lowest BCUT2D eigenvalue weighted by molar-refractivity contribution is -0.122. The molecule has 0 aromatic heterocycles. The number of hydrogen-bond acceptors (Lipinski definition) is 3. The summed E-state index contributed by atoms with van der Waals surface area (Å²) < 4.78 is 39.2. The molecule has 0 saturated carbocycles. The summed E-state index contributed by atoms with van der Waals surface area (Å²) in [5, 5.41) is 2.93. The summed E-state index contributed by atoms with van der Waals surface area (Å²) in [5.41, 5.74) is 3.36. The average Bonchev–Trinajstić information content (AvgIpc) is 2.61. The lowest BCUT2D eigenvalue weighted by atomic mass is 9.99. The van der Waals surface area contributed by atoms with Gasteiger partial charge in [0.15, 0.2) is 0 Å². The maximum absolute atomic E-state index is 13.3. The molecule has 2 atom stereocenters. The molecule has 28 heavy (non-hydrogen) atoms. The topological polar surface area (TPSA) is 66.5 Å². The van der Waals surface area contributed by atoms with Gasteiger partial charge in [-0.2, -0.15) is 0 Å². The summed E-state index contributed by atoms with van der Waals surface area (Å²) in [5.74, 6) is -0.871. The quantitative estimate of drug-likeness (QED) is 0.759. The highest BCUT2D eigenvalue weighted by molar-refractivity contribution is 7.92. The number of sulfonamides is 1. The molecule has 1 amide bonds. The first-order valence-corrected chi connectivity index (χ1v) is 11.0. The molecule has 0 unspecified atom stereocenters. The number of anilines is 1. The highest BCUT2D eigenvalue weighted by Gasteiger charge is 2.32. The van der Waals surface area contributed by atoms with E-state index in [1.165, 1.54) is 24.3 Å². The number of rotatable bonds is 7. The van der Waals surface area contributed by atoms with Crippen LogP contribution in [0.5, 0.6) is 0 Å². The van der Waals surface area contributed by atoms with E-state index in [2.05, 4.69) is 5.32 Å². The number of benzene rings is 2. The Hall–Kier alpha value is -2.41. The number of carbonyl (C=O) groups excluding carboxylic acids is 1. The van der Waals surface area contributed by atoms with Crippen LogP contribution in [0.15, 0.2) is 42.5 Å². The molecule has 0 fully saturated rings. The summed E-state index contributed by atoms with van der Waals surface area (Å²) in [6, 6.07) is 9.86. The Kier molecular flexibility index (Phi) is 6.82. The van der Waals surface area contributed by atoms with Crippen LogP contribution in [0.3, 0.4) is 0 Å². The number of halogens is 1. The van der Waals surface area contributed by atoms with Crippen LogP contribution in [0.2, 0.25) is 0 Å². The molecule has 0 aliphatic carbocycles. The van der Waals surface area contributed by atoms with Crippen molar-refractivity contribution in [3.63, 3.8) is 0 Å². The van der Waals surface area contributed by atoms with E-state index in [-0.39, 0.29) is 18.2 Å². The summed E-state index contributed by atoms with van der Waals surface area (Å²) >= 11 is 0. The van der Waals surface area contributed by atoms with E-state index in [0.29, 0.717) is 0 Å². The van der Waals surface area contributed by atoms with E-state index in [1.54, 1.807) is 6.92 Å². The van der Waals surface area contributed by atoms with E-state index in [1.807, 2.05) is 39.0 Å². The molecular weight excluding hydrogens is 379 g/mol. The Balaban J connectivity index is 2.33. The van der Waals surface area contributed by atoms with Crippen LogP contribution < -0.4 is 9.62 Å². The van der Waals surface area contributed by atoms with Crippen molar-refractivity contribution in [2.45, 2.75) is 46.2 Å². The van der Waals surface area contributed by atoms with Gasteiger partial charge in [-0.3, -0.25) is 9.10 Å². The zero-order valence-corrected chi connectivity index (χ0v) is 17.7. The van der Waals surface area contributed by atoms with Crippen LogP contribution in [0.1, 0.15) is 43.0 Å². The molecule has 2 rings (SSSR count). The highest BCUT2D eigenvalue weighted by Crippen LogP contribution is 2.24. The minimum atomic E-state index is -3.75. The van der Waals surface area contributed by atoms with Crippen molar-refractivity contribution in [3.05, 3.63) is 65.0 Å². The van der Waals surface area contributed by atoms with Gasteiger partial charge in [-0.1, -0.05) is 30.7 Å². The molecule has 7 heteroatoms. The third kappa shape index (κ3) is 5.10. The fraction of sp³-hybridized carbons (Fsp3) is 0.381. The summed E-state index contributed by atoms with van der Waals surface area (Å²) in [6.07, 6.45) is 1.32. The standard InChI is InChI=1S/C21H27FN2O3S/c1-6-20(24(28(5,26)27)18-11-9-17(22)10-12-18)21(25)23-16(4)19-13-14(2)7-8-15(19)3/h7-13,16,20H,6H2,1-5H3,(H,23,25)/t16-,20+/m1/s1. The predicted molar refractivity (Wildman–Crippen MR) is 110 cm³/mol. The average molecular weight is 407 g/mol. The molecule has 0 spiro atoms. The van der Waals surface area contributed by atoms with Crippen LogP contribution in [0.25, 0.3) is 0 Å². The largest absolute Gasteiger partial charge is 0.348 e. The second-order valence-electron chi connectivity index (χ2n) is 7.05. The first-order valence-electron chi connectivity index (χ1n) is 9.17. The van der Waals surface area contributed by atoms with Crippen LogP contribution in [0.4, 0.5) is 10.1 Å². The molecule has 0 radical (unpaired) electrons. The van der Waals surface area contributed by atoms with Crippen molar-refractivity contribution in [3.8, 4) is 0 Å². The van der Waals surface area contributed by atoms with Gasteiger partial charge in [0.05, 0.1) is 18.0 Å². The lowest BCUT2D eigenvalue weighted by Gasteiger charge is -2.31. The zero-order valence-electron chi connectivity index (χ0n) is 16.9. The Labute approximate surface area is 166 Å². The maximum Gasteiger partial charge on any atom is 0.244 e. The number of nitrogens with zero attached hydrogens (tertiary/aromatic N) is 1. The second kappa shape index (κ2) is 8.73. The van der Waals surface area contributed by atoms with Gasteiger partial charge in [-0.05, 0) is 62.6 Å². The van der Waals surface area contributed by atoms with E-state index < -0.39 is 27.8 Å². The molecule has 0 saturated heterocycles. The third-order valence-corrected chi connectivity index (χ3v) is 5.85. The number of aryl methyl sites for hydroxylation is 2. The van der Waals surface area contributed by atoms with Gasteiger partial charge < -0.3 is 5.32 Å². The lowest BCUT2D eigenvalue weighted by Crippen LogP contribution is -2.49. The van der Waals surface area contributed by atoms with Crippen LogP contribution in [0, 0.1) is 19.7 Å². The van der Waals surface area contributed by atoms with Gasteiger partial charge in [0.1, 0.15) is 11.9 Å². The first kappa shape index (κ1) is 21.9. The van der Waals surface area contributed by atoms with Gasteiger partial charge in [-0.25, -0.2) is 12.8 Å². The van der Waals surface area contributed by atoms with Crippen molar-refractivity contribution in [2.75, 3.05) is 10.6 Å². The minimum absolute atomic E-state index is 0.255. The van der Waals surface area contributed by atoms with Crippen molar-refractivity contribution < 1.29 is 17.6 Å². The molecule has 1 N–H and O–H groups in total. The summed E-state index contributed by atoms with van der Waals surface area (Å²) in [4.78, 5) is 13.0. The maximum atomic E-state index is 13.3. The summed E-state index contributed by atoms with van der Waals surface area (Å²) in [6.45, 7) is 7.56. The second-order valence-corrected chi connectivity index (χ2v) is 8.91. The molecular formula is C21H27FN2O3S. The molecule has 0 aliphatic rings. The zero-order chi connectivity index (χ0) is 21.1. The Bertz CT molecular complexity index is 943. The van der Waals surface area contributed by atoms with Gasteiger partial charge in [0.2, 0.25) is 15.9 Å². The van der Waals surface area contributed by atoms with Crippen molar-refractivity contribution in [2.24, 2.45) is 0 Å². The van der Waals surface area contributed by atoms with Gasteiger partial charge >= 0.3 is 0 Å². The van der Waals surface area contributed by atoms with Crippen molar-refractivity contribution in [1.82, 2.24) is 5.32 Å². The summed E-state index contributed by atoms with van der Waals surface area (Å²) in [7, 11) is -3.75. The number of hydrogen-bond donors (Lipinski definition) is 1. The number of amides is 1. The Morgan fingerprint density at radius 1 is 1.14 bits per heavy atom. The molecule has 5 nitrogen and oxygen atoms in total. The smallest absolute Gasteiger partial charge is 0.244 e. The molecule has 0 heterocycles. The molecule has 0 bridgehead atoms. The highest BCUT2D eigenvalue weighted by atomic mass is 32.2. The van der Waals surface area contributed by atoms with E-state index >= 15 is 0 Å². The predicted octanol–water partition coefficient (Wildman–Crippen LogP) is 3.86. The molecule has 152 valence electrons. The molecule has 0 aliphatic heterocycles. The van der Waals surface area contributed by atoms with E-state index in [0.717, 1.165) is 27.3 Å². The van der Waals surface area contributed by atoms with E-state index in [4.69, 9.17) is 0 Å². The third-order valence-electron chi connectivity index (χ3n) is 4.67. The van der Waals surface area contributed by atoms with Crippen LogP contribution >= 0.6 is 0 Å². The number of nitrogens with one attached hydrogen (secondary N) is 1. The first-order chi connectivity index (χ1) is 13.0. The van der Waals surface area contributed by atoms with Gasteiger partial charge in [-0.15, -0.1) is 0 Å². The Morgan fingerprint density at radius 3 is 2.29 bits per heavy atom. The normalized spacial score (nSPS) is 13.6. The monoisotopic (exact) mass is 406 g/mol. The SMILES string of the molecule is CC[C@@H](C(=O)N[C@H](C)c1cc(C)ccc1C)N(c1ccc(F)cc1)S(C)(=O)=O. The minimum Gasteiger partial charge on any atom is -0.348 e. The molecule has 2 aromatic rings. The van der Waals surface area contributed by atoms with Crippen molar-refractivity contribution >= 4 is 21.6 Å². The van der Waals surface area contributed by atoms with Crippen molar-refractivity contribution in [1.29, 1.82) is 0 Å². The van der Waals surface area contributed by atoms with Gasteiger partial charge in [0, 0.05) is 0 Å². The van der Waals surface area contributed by atoms with Gasteiger partial charge in [0.25, 0.3) is 0 Å². The van der Waals surface area contributed by atoms with E-state index in [9.17, 15) is 17.6 Å². The van der Waals surface area contributed by atoms with Crippen LogP contribution in [-0.4, -0.2) is 26.6 Å². The van der Waals surface area contributed by atoms with Crippen LogP contribution in [-0.2, 0) is 14.8 Å². The fourth-order valence-corrected chi connectivity index (χ4v) is 4.47.